The Morgan fingerprint density at radius 3 is 3.08 bits per heavy atom. The summed E-state index contributed by atoms with van der Waals surface area (Å²) in [7, 11) is 1.59. The first-order valence-electron chi connectivity index (χ1n) is 8.18. The largest absolute Gasteiger partial charge is 0.481 e. The van der Waals surface area contributed by atoms with Crippen LogP contribution in [0, 0.1) is 17.2 Å². The number of anilines is 1. The standard InChI is InChI=1S/C18H19FN2O4/c1-24-8-13-5-16(14-4-12(19)2-3-15(14)20-13)21-6-11-7-25-10-18(11,9-21)17(22)23/h2-5,11H,6-10H2,1H3,(H,22,23)/t11-,18-/m1/s1. The number of methoxy groups -OCH3 is 1. The molecule has 3 heterocycles. The second-order valence-electron chi connectivity index (χ2n) is 6.78. The molecule has 7 heteroatoms. The van der Waals surface area contributed by atoms with E-state index in [4.69, 9.17) is 9.47 Å². The molecular formula is C18H19FN2O4. The van der Waals surface area contributed by atoms with E-state index in [0.717, 1.165) is 11.4 Å². The summed E-state index contributed by atoms with van der Waals surface area (Å²) in [6.45, 7) is 1.89. The second-order valence-corrected chi connectivity index (χ2v) is 6.78. The monoisotopic (exact) mass is 346 g/mol. The van der Waals surface area contributed by atoms with Crippen LogP contribution < -0.4 is 4.90 Å². The number of aliphatic carboxylic acids is 1. The second kappa shape index (κ2) is 5.93. The smallest absolute Gasteiger partial charge is 0.314 e. The SMILES string of the molecule is COCc1cc(N2C[C@@H]3COC[C@]3(C(=O)O)C2)c2cc(F)ccc2n1. The molecule has 2 aromatic rings. The van der Waals surface area contributed by atoms with Crippen molar-refractivity contribution in [2.75, 3.05) is 38.3 Å². The normalized spacial score (nSPS) is 25.5. The summed E-state index contributed by atoms with van der Waals surface area (Å²) in [5.41, 5.74) is 1.30. The molecule has 2 saturated heterocycles. The summed E-state index contributed by atoms with van der Waals surface area (Å²) in [6.07, 6.45) is 0. The number of halogens is 1. The van der Waals surface area contributed by atoms with Gasteiger partial charge in [0.25, 0.3) is 0 Å². The summed E-state index contributed by atoms with van der Waals surface area (Å²) in [5.74, 6) is -1.25. The van der Waals surface area contributed by atoms with Crippen LogP contribution in [0.3, 0.4) is 0 Å². The van der Waals surface area contributed by atoms with E-state index < -0.39 is 11.4 Å². The fourth-order valence-electron chi connectivity index (χ4n) is 3.94. The van der Waals surface area contributed by atoms with E-state index in [1.165, 1.54) is 12.1 Å². The number of carboxylic acid groups (broad SMARTS) is 1. The van der Waals surface area contributed by atoms with E-state index >= 15 is 0 Å². The molecule has 0 aliphatic carbocycles. The number of aromatic nitrogens is 1. The highest BCUT2D eigenvalue weighted by atomic mass is 19.1. The number of ether oxygens (including phenoxy) is 2. The van der Waals surface area contributed by atoms with Crippen molar-refractivity contribution in [1.82, 2.24) is 4.98 Å². The predicted molar refractivity (Wildman–Crippen MR) is 89.0 cm³/mol. The minimum absolute atomic E-state index is 0.0763. The molecule has 132 valence electrons. The van der Waals surface area contributed by atoms with Gasteiger partial charge in [-0.1, -0.05) is 0 Å². The van der Waals surface area contributed by atoms with E-state index in [9.17, 15) is 14.3 Å². The van der Waals surface area contributed by atoms with Crippen LogP contribution in [0.1, 0.15) is 5.69 Å². The van der Waals surface area contributed by atoms with Gasteiger partial charge in [0.1, 0.15) is 11.2 Å². The molecule has 1 N–H and O–H groups in total. The van der Waals surface area contributed by atoms with Gasteiger partial charge < -0.3 is 19.5 Å². The van der Waals surface area contributed by atoms with Gasteiger partial charge in [0.15, 0.2) is 0 Å². The van der Waals surface area contributed by atoms with E-state index in [1.807, 2.05) is 11.0 Å². The van der Waals surface area contributed by atoms with E-state index in [-0.39, 0.29) is 18.3 Å². The number of hydrogen-bond acceptors (Lipinski definition) is 5. The first-order valence-corrected chi connectivity index (χ1v) is 8.18. The maximum absolute atomic E-state index is 13.8. The molecule has 0 bridgehead atoms. The van der Waals surface area contributed by atoms with Gasteiger partial charge in [-0.25, -0.2) is 4.39 Å². The number of carbonyl (C=O) groups is 1. The van der Waals surface area contributed by atoms with Crippen LogP contribution in [0.5, 0.6) is 0 Å². The van der Waals surface area contributed by atoms with Gasteiger partial charge in [0.05, 0.1) is 31.0 Å². The number of carboxylic acids is 1. The van der Waals surface area contributed by atoms with Gasteiger partial charge in [-0.2, -0.15) is 0 Å². The predicted octanol–water partition coefficient (Wildman–Crippen LogP) is 2.06. The third-order valence-electron chi connectivity index (χ3n) is 5.23. The minimum Gasteiger partial charge on any atom is -0.481 e. The topological polar surface area (TPSA) is 71.9 Å². The Labute approximate surface area is 144 Å². The summed E-state index contributed by atoms with van der Waals surface area (Å²) < 4.78 is 24.4. The van der Waals surface area contributed by atoms with Crippen LogP contribution in [0.4, 0.5) is 10.1 Å². The average molecular weight is 346 g/mol. The molecule has 2 aliphatic rings. The lowest BCUT2D eigenvalue weighted by Gasteiger charge is -2.24. The zero-order valence-corrected chi connectivity index (χ0v) is 13.9. The number of pyridine rings is 1. The van der Waals surface area contributed by atoms with Gasteiger partial charge in [0.2, 0.25) is 0 Å². The van der Waals surface area contributed by atoms with E-state index in [0.29, 0.717) is 37.2 Å². The van der Waals surface area contributed by atoms with Crippen molar-refractivity contribution in [3.63, 3.8) is 0 Å². The first-order chi connectivity index (χ1) is 12.0. The lowest BCUT2D eigenvalue weighted by molar-refractivity contribution is -0.149. The molecule has 25 heavy (non-hydrogen) atoms. The number of hydrogen-bond donors (Lipinski definition) is 1. The van der Waals surface area contributed by atoms with Crippen LogP contribution in [-0.4, -0.2) is 49.5 Å². The Morgan fingerprint density at radius 1 is 1.52 bits per heavy atom. The zero-order valence-electron chi connectivity index (χ0n) is 13.9. The maximum Gasteiger partial charge on any atom is 0.314 e. The molecule has 1 aromatic heterocycles. The first kappa shape index (κ1) is 16.2. The molecule has 0 unspecified atom stereocenters. The fourth-order valence-corrected chi connectivity index (χ4v) is 3.94. The van der Waals surface area contributed by atoms with Crippen molar-refractivity contribution in [3.05, 3.63) is 35.8 Å². The highest BCUT2D eigenvalue weighted by Gasteiger charge is 2.56. The fraction of sp³-hybridized carbons (Fsp3) is 0.444. The lowest BCUT2D eigenvalue weighted by Crippen LogP contribution is -2.39. The van der Waals surface area contributed by atoms with Crippen LogP contribution in [0.15, 0.2) is 24.3 Å². The van der Waals surface area contributed by atoms with Crippen LogP contribution in [0.25, 0.3) is 10.9 Å². The van der Waals surface area contributed by atoms with Gasteiger partial charge in [0, 0.05) is 37.2 Å². The summed E-state index contributed by atoms with van der Waals surface area (Å²) >= 11 is 0. The van der Waals surface area contributed by atoms with Crippen molar-refractivity contribution < 1.29 is 23.8 Å². The van der Waals surface area contributed by atoms with Gasteiger partial charge >= 0.3 is 5.97 Å². The molecule has 4 rings (SSSR count). The molecule has 1 aromatic carbocycles. The summed E-state index contributed by atoms with van der Waals surface area (Å²) in [4.78, 5) is 18.4. The Kier molecular flexibility index (Phi) is 3.85. The molecule has 2 aliphatic heterocycles. The highest BCUT2D eigenvalue weighted by Crippen LogP contribution is 2.44. The van der Waals surface area contributed by atoms with Crippen LogP contribution >= 0.6 is 0 Å². The number of benzene rings is 1. The molecule has 6 nitrogen and oxygen atoms in total. The van der Waals surface area contributed by atoms with Gasteiger partial charge in [-0.3, -0.25) is 9.78 Å². The molecule has 0 saturated carbocycles. The van der Waals surface area contributed by atoms with Gasteiger partial charge in [-0.05, 0) is 24.3 Å². The Hall–Kier alpha value is -2.25. The summed E-state index contributed by atoms with van der Waals surface area (Å²) in [6, 6.07) is 6.33. The number of fused-ring (bicyclic) bond motifs is 2. The molecule has 0 spiro atoms. The average Bonchev–Trinajstić information content (AvgIpc) is 3.13. The Bertz CT molecular complexity index is 843. The van der Waals surface area contributed by atoms with Crippen molar-refractivity contribution in [2.24, 2.45) is 11.3 Å². The van der Waals surface area contributed by atoms with Crippen LogP contribution in [-0.2, 0) is 20.9 Å². The molecule has 0 amide bonds. The van der Waals surface area contributed by atoms with E-state index in [2.05, 4.69) is 4.98 Å². The third kappa shape index (κ3) is 2.54. The number of nitrogens with zero attached hydrogens (tertiary/aromatic N) is 2. The maximum atomic E-state index is 13.8. The van der Waals surface area contributed by atoms with Crippen LogP contribution in [0.2, 0.25) is 0 Å². The third-order valence-corrected chi connectivity index (χ3v) is 5.23. The van der Waals surface area contributed by atoms with Crippen molar-refractivity contribution >= 4 is 22.6 Å². The molecular weight excluding hydrogens is 327 g/mol. The summed E-state index contributed by atoms with van der Waals surface area (Å²) in [5, 5.41) is 10.4. The highest BCUT2D eigenvalue weighted by molar-refractivity contribution is 5.93. The minimum atomic E-state index is -0.898. The van der Waals surface area contributed by atoms with Gasteiger partial charge in [-0.15, -0.1) is 0 Å². The molecule has 0 radical (unpaired) electrons. The van der Waals surface area contributed by atoms with Crippen molar-refractivity contribution in [2.45, 2.75) is 6.61 Å². The molecule has 2 fully saturated rings. The number of rotatable bonds is 4. The zero-order chi connectivity index (χ0) is 17.6. The lowest BCUT2D eigenvalue weighted by atomic mass is 9.81. The Balaban J connectivity index is 1.81. The quantitative estimate of drug-likeness (QED) is 0.914. The van der Waals surface area contributed by atoms with Crippen molar-refractivity contribution in [3.8, 4) is 0 Å². The van der Waals surface area contributed by atoms with Crippen molar-refractivity contribution in [1.29, 1.82) is 0 Å². The Morgan fingerprint density at radius 2 is 2.36 bits per heavy atom. The molecule has 2 atom stereocenters. The van der Waals surface area contributed by atoms with E-state index in [1.54, 1.807) is 13.2 Å².